The Kier molecular flexibility index (Phi) is 3.57. The highest BCUT2D eigenvalue weighted by atomic mass is 79.9. The van der Waals surface area contributed by atoms with Gasteiger partial charge >= 0.3 is 0 Å². The standard InChI is InChI=1S/C14H17BrN2S/c1-2-11(7-9-3-4-9)16-14-17-12-6-5-10(15)8-13(12)18-14/h5-6,8-9,11H,2-4,7H2,1H3,(H,16,17). The van der Waals surface area contributed by atoms with E-state index in [0.717, 1.165) is 21.0 Å². The summed E-state index contributed by atoms with van der Waals surface area (Å²) < 4.78 is 2.36. The summed E-state index contributed by atoms with van der Waals surface area (Å²) >= 11 is 5.26. The number of nitrogens with one attached hydrogen (secondary N) is 1. The van der Waals surface area contributed by atoms with Gasteiger partial charge in [0.25, 0.3) is 0 Å². The largest absolute Gasteiger partial charge is 0.359 e. The van der Waals surface area contributed by atoms with Crippen molar-refractivity contribution < 1.29 is 0 Å². The van der Waals surface area contributed by atoms with Gasteiger partial charge in [0.1, 0.15) is 0 Å². The number of nitrogens with zero attached hydrogens (tertiary/aromatic N) is 1. The summed E-state index contributed by atoms with van der Waals surface area (Å²) in [7, 11) is 0. The lowest BCUT2D eigenvalue weighted by Gasteiger charge is -2.15. The number of aromatic nitrogens is 1. The Morgan fingerprint density at radius 1 is 1.50 bits per heavy atom. The van der Waals surface area contributed by atoms with Crippen molar-refractivity contribution in [3.05, 3.63) is 22.7 Å². The van der Waals surface area contributed by atoms with Crippen LogP contribution in [0.25, 0.3) is 10.2 Å². The molecular formula is C14H17BrN2S. The highest BCUT2D eigenvalue weighted by Crippen LogP contribution is 2.35. The first kappa shape index (κ1) is 12.4. The average molecular weight is 325 g/mol. The molecule has 1 aliphatic rings. The van der Waals surface area contributed by atoms with Crippen molar-refractivity contribution in [1.82, 2.24) is 4.98 Å². The zero-order chi connectivity index (χ0) is 12.5. The first-order chi connectivity index (χ1) is 8.74. The first-order valence-electron chi connectivity index (χ1n) is 6.57. The number of rotatable bonds is 5. The highest BCUT2D eigenvalue weighted by molar-refractivity contribution is 9.10. The summed E-state index contributed by atoms with van der Waals surface area (Å²) in [5.41, 5.74) is 1.09. The lowest BCUT2D eigenvalue weighted by atomic mass is 10.1. The van der Waals surface area contributed by atoms with E-state index >= 15 is 0 Å². The fourth-order valence-electron chi connectivity index (χ4n) is 2.22. The van der Waals surface area contributed by atoms with E-state index in [1.165, 1.54) is 30.4 Å². The Bertz CT molecular complexity index is 548. The molecule has 18 heavy (non-hydrogen) atoms. The molecule has 2 nitrogen and oxygen atoms in total. The van der Waals surface area contributed by atoms with E-state index in [2.05, 4.69) is 45.3 Å². The van der Waals surface area contributed by atoms with Crippen molar-refractivity contribution in [3.63, 3.8) is 0 Å². The fraction of sp³-hybridized carbons (Fsp3) is 0.500. The lowest BCUT2D eigenvalue weighted by molar-refractivity contribution is 0.587. The third-order valence-electron chi connectivity index (χ3n) is 3.49. The zero-order valence-electron chi connectivity index (χ0n) is 10.4. The topological polar surface area (TPSA) is 24.9 Å². The number of hydrogen-bond acceptors (Lipinski definition) is 3. The second-order valence-electron chi connectivity index (χ2n) is 5.06. The van der Waals surface area contributed by atoms with E-state index in [1.54, 1.807) is 11.3 Å². The average Bonchev–Trinajstić information content (AvgIpc) is 3.07. The summed E-state index contributed by atoms with van der Waals surface area (Å²) in [4.78, 5) is 4.66. The molecule has 4 heteroatoms. The summed E-state index contributed by atoms with van der Waals surface area (Å²) in [5.74, 6) is 0.964. The van der Waals surface area contributed by atoms with Crippen molar-refractivity contribution >= 4 is 42.6 Å². The van der Waals surface area contributed by atoms with Gasteiger partial charge in [-0.15, -0.1) is 0 Å². The van der Waals surface area contributed by atoms with Gasteiger partial charge in [-0.3, -0.25) is 0 Å². The van der Waals surface area contributed by atoms with Crippen LogP contribution >= 0.6 is 27.3 Å². The van der Waals surface area contributed by atoms with Gasteiger partial charge in [-0.05, 0) is 37.0 Å². The number of hydrogen-bond donors (Lipinski definition) is 1. The van der Waals surface area contributed by atoms with Crippen molar-refractivity contribution in [2.45, 2.75) is 38.6 Å². The predicted molar refractivity (Wildman–Crippen MR) is 82.4 cm³/mol. The molecule has 1 aromatic heterocycles. The molecule has 1 heterocycles. The maximum Gasteiger partial charge on any atom is 0.184 e. The molecule has 1 fully saturated rings. The molecule has 0 aliphatic heterocycles. The van der Waals surface area contributed by atoms with E-state index in [4.69, 9.17) is 0 Å². The van der Waals surface area contributed by atoms with Crippen LogP contribution in [0, 0.1) is 5.92 Å². The van der Waals surface area contributed by atoms with Gasteiger partial charge in [-0.1, -0.05) is 47.0 Å². The van der Waals surface area contributed by atoms with Gasteiger partial charge in [-0.2, -0.15) is 0 Å². The smallest absolute Gasteiger partial charge is 0.184 e. The minimum atomic E-state index is 0.585. The minimum Gasteiger partial charge on any atom is -0.359 e. The first-order valence-corrected chi connectivity index (χ1v) is 8.18. The fourth-order valence-corrected chi connectivity index (χ4v) is 3.71. The summed E-state index contributed by atoms with van der Waals surface area (Å²) in [5, 5.41) is 4.67. The Morgan fingerprint density at radius 3 is 3.06 bits per heavy atom. The molecule has 96 valence electrons. The van der Waals surface area contributed by atoms with E-state index < -0.39 is 0 Å². The zero-order valence-corrected chi connectivity index (χ0v) is 12.9. The molecule has 0 bridgehead atoms. The molecule has 0 saturated heterocycles. The maximum atomic E-state index is 4.66. The summed E-state index contributed by atoms with van der Waals surface area (Å²) in [6, 6.07) is 6.84. The molecule has 1 N–H and O–H groups in total. The van der Waals surface area contributed by atoms with Crippen molar-refractivity contribution in [2.24, 2.45) is 5.92 Å². The van der Waals surface area contributed by atoms with Gasteiger partial charge in [0.15, 0.2) is 5.13 Å². The SMILES string of the molecule is CCC(CC1CC1)Nc1nc2ccc(Br)cc2s1. The van der Waals surface area contributed by atoms with Crippen LogP contribution in [-0.2, 0) is 0 Å². The molecule has 1 atom stereocenters. The molecule has 2 aromatic rings. The van der Waals surface area contributed by atoms with Gasteiger partial charge in [0, 0.05) is 10.5 Å². The second kappa shape index (κ2) is 5.17. The van der Waals surface area contributed by atoms with Crippen LogP contribution in [0.3, 0.4) is 0 Å². The quantitative estimate of drug-likeness (QED) is 0.832. The van der Waals surface area contributed by atoms with Gasteiger partial charge < -0.3 is 5.32 Å². The predicted octanol–water partition coefficient (Wildman–Crippen LogP) is 5.05. The Balaban J connectivity index is 1.76. The number of halogens is 1. The number of fused-ring (bicyclic) bond motifs is 1. The van der Waals surface area contributed by atoms with E-state index in [1.807, 2.05) is 6.07 Å². The van der Waals surface area contributed by atoms with Crippen LogP contribution in [-0.4, -0.2) is 11.0 Å². The van der Waals surface area contributed by atoms with Crippen molar-refractivity contribution in [1.29, 1.82) is 0 Å². The number of thiazole rings is 1. The molecule has 3 rings (SSSR count). The molecule has 0 amide bonds. The Hall–Kier alpha value is -0.610. The molecule has 0 spiro atoms. The molecule has 1 saturated carbocycles. The van der Waals surface area contributed by atoms with E-state index in [0.29, 0.717) is 6.04 Å². The summed E-state index contributed by atoms with van der Waals surface area (Å²) in [6.07, 6.45) is 5.32. The van der Waals surface area contributed by atoms with Crippen molar-refractivity contribution in [2.75, 3.05) is 5.32 Å². The van der Waals surface area contributed by atoms with Gasteiger partial charge in [-0.25, -0.2) is 4.98 Å². The summed E-state index contributed by atoms with van der Waals surface area (Å²) in [6.45, 7) is 2.25. The Labute approximate surface area is 120 Å². The van der Waals surface area contributed by atoms with Crippen LogP contribution in [0.2, 0.25) is 0 Å². The number of anilines is 1. The van der Waals surface area contributed by atoms with Crippen LogP contribution < -0.4 is 5.32 Å². The second-order valence-corrected chi connectivity index (χ2v) is 7.01. The third-order valence-corrected chi connectivity index (χ3v) is 4.93. The van der Waals surface area contributed by atoms with E-state index in [9.17, 15) is 0 Å². The van der Waals surface area contributed by atoms with E-state index in [-0.39, 0.29) is 0 Å². The van der Waals surface area contributed by atoms with Crippen LogP contribution in [0.4, 0.5) is 5.13 Å². The van der Waals surface area contributed by atoms with Crippen LogP contribution in [0.15, 0.2) is 22.7 Å². The monoisotopic (exact) mass is 324 g/mol. The molecule has 1 aromatic carbocycles. The van der Waals surface area contributed by atoms with Gasteiger partial charge in [0.05, 0.1) is 10.2 Å². The molecule has 0 radical (unpaired) electrons. The van der Waals surface area contributed by atoms with Crippen LogP contribution in [0.5, 0.6) is 0 Å². The maximum absolute atomic E-state index is 4.66. The van der Waals surface area contributed by atoms with Gasteiger partial charge in [0.2, 0.25) is 0 Å². The number of benzene rings is 1. The van der Waals surface area contributed by atoms with Crippen molar-refractivity contribution in [3.8, 4) is 0 Å². The van der Waals surface area contributed by atoms with Crippen LogP contribution in [0.1, 0.15) is 32.6 Å². The minimum absolute atomic E-state index is 0.585. The molecular weight excluding hydrogens is 308 g/mol. The Morgan fingerprint density at radius 2 is 2.33 bits per heavy atom. The molecule has 1 aliphatic carbocycles. The highest BCUT2D eigenvalue weighted by Gasteiger charge is 2.25. The normalized spacial score (nSPS) is 17.0. The lowest BCUT2D eigenvalue weighted by Crippen LogP contribution is -2.18. The molecule has 1 unspecified atom stereocenters. The third kappa shape index (κ3) is 2.86.